The van der Waals surface area contributed by atoms with Crippen LogP contribution in [0.2, 0.25) is 0 Å². The van der Waals surface area contributed by atoms with Gasteiger partial charge in [0.05, 0.1) is 17.3 Å². The third kappa shape index (κ3) is 3.07. The van der Waals surface area contributed by atoms with Gasteiger partial charge >= 0.3 is 7.12 Å². The first-order valence-electron chi connectivity index (χ1n) is 8.66. The molecule has 0 bridgehead atoms. The summed E-state index contributed by atoms with van der Waals surface area (Å²) in [5, 5.41) is 9.17. The van der Waals surface area contributed by atoms with Crippen molar-refractivity contribution in [1.29, 1.82) is 5.26 Å². The molecule has 23 heavy (non-hydrogen) atoms. The lowest BCUT2D eigenvalue weighted by atomic mass is 9.86. The molecule has 1 aromatic heterocycles. The molecule has 1 aromatic rings. The summed E-state index contributed by atoms with van der Waals surface area (Å²) in [6.45, 7) is 8.14. The monoisotopic (exact) mass is 315 g/mol. The first-order chi connectivity index (χ1) is 10.8. The van der Waals surface area contributed by atoms with Crippen molar-refractivity contribution in [2.45, 2.75) is 76.9 Å². The van der Waals surface area contributed by atoms with Gasteiger partial charge in [0, 0.05) is 12.3 Å². The van der Waals surface area contributed by atoms with Crippen molar-refractivity contribution in [1.82, 2.24) is 0 Å². The van der Waals surface area contributed by atoms with E-state index >= 15 is 0 Å². The quantitative estimate of drug-likeness (QED) is 0.794. The van der Waals surface area contributed by atoms with Gasteiger partial charge in [-0.1, -0.05) is 12.8 Å². The number of rotatable bonds is 4. The third-order valence-electron chi connectivity index (χ3n) is 5.78. The Morgan fingerprint density at radius 2 is 1.78 bits per heavy atom. The Bertz CT molecular complexity index is 580. The van der Waals surface area contributed by atoms with Crippen LogP contribution in [0.15, 0.2) is 16.5 Å². The van der Waals surface area contributed by atoms with E-state index in [4.69, 9.17) is 13.7 Å². The zero-order valence-corrected chi connectivity index (χ0v) is 14.6. The van der Waals surface area contributed by atoms with Gasteiger partial charge in [-0.15, -0.1) is 0 Å². The smallest absolute Gasteiger partial charge is 0.469 e. The second kappa shape index (κ2) is 6.00. The second-order valence-electron chi connectivity index (χ2n) is 7.84. The van der Waals surface area contributed by atoms with E-state index in [0.29, 0.717) is 18.0 Å². The Kier molecular flexibility index (Phi) is 4.33. The Hall–Kier alpha value is -1.25. The van der Waals surface area contributed by atoms with E-state index in [2.05, 4.69) is 6.07 Å². The molecule has 3 rings (SSSR count). The van der Waals surface area contributed by atoms with Crippen LogP contribution in [0.3, 0.4) is 0 Å². The molecule has 0 N–H and O–H groups in total. The molecule has 1 aliphatic heterocycles. The van der Waals surface area contributed by atoms with E-state index in [1.54, 1.807) is 0 Å². The maximum absolute atomic E-state index is 9.17. The summed E-state index contributed by atoms with van der Waals surface area (Å²) >= 11 is 0. The molecule has 1 unspecified atom stereocenters. The highest BCUT2D eigenvalue weighted by atomic mass is 16.7. The minimum atomic E-state index is -0.472. The lowest BCUT2D eigenvalue weighted by Gasteiger charge is -2.32. The van der Waals surface area contributed by atoms with E-state index in [1.165, 1.54) is 25.7 Å². The molecule has 0 spiro atoms. The molecule has 1 saturated heterocycles. The average Bonchev–Trinajstić information content (AvgIpc) is 3.17. The second-order valence-corrected chi connectivity index (χ2v) is 7.84. The van der Waals surface area contributed by atoms with Crippen LogP contribution >= 0.6 is 0 Å². The van der Waals surface area contributed by atoms with Gasteiger partial charge in [0.2, 0.25) is 0 Å². The summed E-state index contributed by atoms with van der Waals surface area (Å²) in [6, 6.07) is 6.27. The molecule has 1 aliphatic carbocycles. The third-order valence-corrected chi connectivity index (χ3v) is 5.78. The van der Waals surface area contributed by atoms with E-state index < -0.39 is 7.12 Å². The van der Waals surface area contributed by atoms with E-state index in [0.717, 1.165) is 5.76 Å². The first-order valence-corrected chi connectivity index (χ1v) is 8.66. The molecular weight excluding hydrogens is 289 g/mol. The minimum absolute atomic E-state index is 0.193. The predicted octanol–water partition coefficient (Wildman–Crippen LogP) is 3.77. The number of hydrogen-bond donors (Lipinski definition) is 0. The van der Waals surface area contributed by atoms with Crippen molar-refractivity contribution in [3.63, 3.8) is 0 Å². The van der Waals surface area contributed by atoms with Gasteiger partial charge in [-0.2, -0.15) is 5.26 Å². The lowest BCUT2D eigenvalue weighted by Crippen LogP contribution is -2.41. The fourth-order valence-corrected chi connectivity index (χ4v) is 3.61. The van der Waals surface area contributed by atoms with Crippen molar-refractivity contribution in [3.8, 4) is 6.07 Å². The first kappa shape index (κ1) is 16.6. The molecule has 0 aromatic carbocycles. The van der Waals surface area contributed by atoms with Gasteiger partial charge in [-0.25, -0.2) is 0 Å². The zero-order valence-electron chi connectivity index (χ0n) is 14.6. The molecule has 0 amide bonds. The molecular formula is C18H26BNO3. The molecule has 2 fully saturated rings. The van der Waals surface area contributed by atoms with Crippen molar-refractivity contribution < 1.29 is 13.7 Å². The van der Waals surface area contributed by atoms with Crippen LogP contribution in [0.1, 0.15) is 71.5 Å². The average molecular weight is 315 g/mol. The maximum Gasteiger partial charge on any atom is 0.532 e. The summed E-state index contributed by atoms with van der Waals surface area (Å²) in [4.78, 5) is 0. The van der Waals surface area contributed by atoms with Gasteiger partial charge in [0.25, 0.3) is 0 Å². The van der Waals surface area contributed by atoms with Gasteiger partial charge in [0.1, 0.15) is 11.4 Å². The highest BCUT2D eigenvalue weighted by molar-refractivity contribution is 6.60. The lowest BCUT2D eigenvalue weighted by molar-refractivity contribution is 0.00578. The zero-order chi connectivity index (χ0) is 16.7. The fourth-order valence-electron chi connectivity index (χ4n) is 3.61. The Balaban J connectivity index is 1.79. The molecule has 0 radical (unpaired) electrons. The maximum atomic E-state index is 9.17. The van der Waals surface area contributed by atoms with Crippen LogP contribution < -0.4 is 5.66 Å². The van der Waals surface area contributed by atoms with Gasteiger partial charge in [0.15, 0.2) is 0 Å². The normalized spacial score (nSPS) is 24.7. The van der Waals surface area contributed by atoms with Gasteiger partial charge < -0.3 is 13.7 Å². The van der Waals surface area contributed by atoms with Crippen LogP contribution in [-0.4, -0.2) is 18.3 Å². The summed E-state index contributed by atoms with van der Waals surface area (Å²) in [6.07, 6.45) is 5.42. The van der Waals surface area contributed by atoms with Crippen LogP contribution in [0.5, 0.6) is 0 Å². The highest BCUT2D eigenvalue weighted by Crippen LogP contribution is 2.40. The van der Waals surface area contributed by atoms with E-state index in [9.17, 15) is 5.26 Å². The number of hydrogen-bond acceptors (Lipinski definition) is 4. The topological polar surface area (TPSA) is 55.4 Å². The van der Waals surface area contributed by atoms with E-state index in [-0.39, 0.29) is 17.1 Å². The number of nitriles is 1. The molecule has 2 heterocycles. The molecule has 5 heteroatoms. The van der Waals surface area contributed by atoms with Crippen LogP contribution in [0, 0.1) is 17.2 Å². The van der Waals surface area contributed by atoms with Crippen molar-refractivity contribution in [3.05, 3.63) is 17.9 Å². The van der Waals surface area contributed by atoms with Crippen molar-refractivity contribution in [2.24, 2.45) is 5.92 Å². The molecule has 2 aliphatic rings. The van der Waals surface area contributed by atoms with Crippen molar-refractivity contribution >= 4 is 12.8 Å². The SMILES string of the molecule is CC1(C)OB(c2ccc(C(CC#N)C3CCCC3)o2)OC1(C)C. The summed E-state index contributed by atoms with van der Waals surface area (Å²) < 4.78 is 18.2. The Morgan fingerprint density at radius 1 is 1.17 bits per heavy atom. The van der Waals surface area contributed by atoms with Gasteiger partial charge in [-0.3, -0.25) is 0 Å². The van der Waals surface area contributed by atoms with Crippen LogP contribution in [0.4, 0.5) is 0 Å². The number of nitrogens with zero attached hydrogens (tertiary/aromatic N) is 1. The molecule has 4 nitrogen and oxygen atoms in total. The van der Waals surface area contributed by atoms with Crippen molar-refractivity contribution in [2.75, 3.05) is 0 Å². The summed E-state index contributed by atoms with van der Waals surface area (Å²) in [5.41, 5.74) is -0.0378. The largest absolute Gasteiger partial charge is 0.532 e. The highest BCUT2D eigenvalue weighted by Gasteiger charge is 2.53. The number of furan rings is 1. The minimum Gasteiger partial charge on any atom is -0.469 e. The molecule has 124 valence electrons. The van der Waals surface area contributed by atoms with Crippen LogP contribution in [0.25, 0.3) is 0 Å². The van der Waals surface area contributed by atoms with Crippen LogP contribution in [-0.2, 0) is 9.31 Å². The summed E-state index contributed by atoms with van der Waals surface area (Å²) in [5.74, 6) is 1.66. The fraction of sp³-hybridized carbons (Fsp3) is 0.722. The Morgan fingerprint density at radius 3 is 2.35 bits per heavy atom. The standard InChI is InChI=1S/C18H26BNO3/c1-17(2)18(3,4)23-19(22-17)16-10-9-15(21-16)14(11-12-20)13-7-5-6-8-13/h9-10,13-14H,5-8,11H2,1-4H3. The summed E-state index contributed by atoms with van der Waals surface area (Å²) in [7, 11) is -0.472. The molecule has 1 atom stereocenters. The predicted molar refractivity (Wildman–Crippen MR) is 89.4 cm³/mol. The van der Waals surface area contributed by atoms with E-state index in [1.807, 2.05) is 39.8 Å². The molecule has 1 saturated carbocycles. The van der Waals surface area contributed by atoms with Gasteiger partial charge in [-0.05, 0) is 58.6 Å². The Labute approximate surface area is 139 Å².